The van der Waals surface area contributed by atoms with Crippen LogP contribution in [0, 0.1) is 5.82 Å². The molecular weight excluding hydrogens is 383 g/mol. The highest BCUT2D eigenvalue weighted by atomic mass is 32.2. The third-order valence-electron chi connectivity index (χ3n) is 3.87. The Hall–Kier alpha value is -2.65. The van der Waals surface area contributed by atoms with Crippen LogP contribution in [0.3, 0.4) is 0 Å². The number of sulfonamides is 1. The fourth-order valence-electron chi connectivity index (χ4n) is 2.45. The number of halogens is 1. The van der Waals surface area contributed by atoms with E-state index < -0.39 is 10.0 Å². The van der Waals surface area contributed by atoms with E-state index in [9.17, 15) is 12.8 Å². The lowest BCUT2D eigenvalue weighted by molar-refractivity contribution is 0.223. The van der Waals surface area contributed by atoms with Crippen LogP contribution in [0.4, 0.5) is 4.39 Å². The summed E-state index contributed by atoms with van der Waals surface area (Å²) in [4.78, 5) is 4.23. The normalized spacial score (nSPS) is 13.1. The lowest BCUT2D eigenvalue weighted by Crippen LogP contribution is -2.42. The number of ether oxygens (including phenoxy) is 1. The summed E-state index contributed by atoms with van der Waals surface area (Å²) < 4.78 is 41.4. The molecule has 0 aliphatic heterocycles. The fourth-order valence-corrected chi connectivity index (χ4v) is 2.96. The molecule has 0 heterocycles. The molecule has 0 bridgehead atoms. The number of nitrogens with zero attached hydrogens (tertiary/aromatic N) is 1. The van der Waals surface area contributed by atoms with Crippen molar-refractivity contribution < 1.29 is 17.5 Å². The van der Waals surface area contributed by atoms with Gasteiger partial charge in [0, 0.05) is 19.7 Å². The van der Waals surface area contributed by atoms with Crippen molar-refractivity contribution in [3.8, 4) is 5.75 Å². The number of aliphatic imine (C=N–C) groups is 1. The van der Waals surface area contributed by atoms with Gasteiger partial charge in [-0.3, -0.25) is 4.99 Å². The Balaban J connectivity index is 1.75. The number of nitrogens with two attached hydrogens (primary N) is 1. The van der Waals surface area contributed by atoms with E-state index in [0.717, 1.165) is 5.56 Å². The minimum atomic E-state index is -3.68. The molecule has 9 heteroatoms. The Morgan fingerprint density at radius 1 is 1.21 bits per heavy atom. The minimum absolute atomic E-state index is 0.0916. The predicted octanol–water partition coefficient (Wildman–Crippen LogP) is 1.65. The zero-order chi connectivity index (χ0) is 20.6. The largest absolute Gasteiger partial charge is 0.489 e. The van der Waals surface area contributed by atoms with Gasteiger partial charge in [-0.2, -0.15) is 0 Å². The van der Waals surface area contributed by atoms with Crippen molar-refractivity contribution in [1.29, 1.82) is 0 Å². The van der Waals surface area contributed by atoms with Gasteiger partial charge in [0.2, 0.25) is 10.0 Å². The van der Waals surface area contributed by atoms with Crippen LogP contribution in [-0.4, -0.2) is 40.6 Å². The van der Waals surface area contributed by atoms with Crippen molar-refractivity contribution in [3.63, 3.8) is 0 Å². The predicted molar refractivity (Wildman–Crippen MR) is 107 cm³/mol. The third-order valence-corrected chi connectivity index (χ3v) is 4.80. The van der Waals surface area contributed by atoms with E-state index in [-0.39, 0.29) is 16.8 Å². The van der Waals surface area contributed by atoms with Gasteiger partial charge in [0.05, 0.1) is 11.4 Å². The topological polar surface area (TPSA) is 106 Å². The van der Waals surface area contributed by atoms with Gasteiger partial charge in [0.1, 0.15) is 17.7 Å². The van der Waals surface area contributed by atoms with Crippen molar-refractivity contribution in [1.82, 2.24) is 10.6 Å². The zero-order valence-electron chi connectivity index (χ0n) is 15.9. The van der Waals surface area contributed by atoms with E-state index in [1.165, 1.54) is 24.3 Å². The monoisotopic (exact) mass is 408 g/mol. The summed E-state index contributed by atoms with van der Waals surface area (Å²) in [5, 5.41) is 11.4. The maximum absolute atomic E-state index is 13.2. The molecule has 0 radical (unpaired) electrons. The average Bonchev–Trinajstić information content (AvgIpc) is 2.64. The number of primary sulfonamides is 1. The molecule has 28 heavy (non-hydrogen) atoms. The Bertz CT molecular complexity index is 902. The molecule has 152 valence electrons. The van der Waals surface area contributed by atoms with Crippen molar-refractivity contribution >= 4 is 16.0 Å². The highest BCUT2D eigenvalue weighted by Gasteiger charge is 2.08. The minimum Gasteiger partial charge on any atom is -0.489 e. The Morgan fingerprint density at radius 2 is 1.93 bits per heavy atom. The fraction of sp³-hybridized carbons (Fsp3) is 0.316. The van der Waals surface area contributed by atoms with Crippen molar-refractivity contribution in [3.05, 3.63) is 59.9 Å². The highest BCUT2D eigenvalue weighted by Crippen LogP contribution is 2.13. The van der Waals surface area contributed by atoms with E-state index in [1.54, 1.807) is 31.3 Å². The molecule has 0 saturated carbocycles. The molecule has 4 N–H and O–H groups in total. The summed E-state index contributed by atoms with van der Waals surface area (Å²) in [5.41, 5.74) is 0.971. The molecule has 0 spiro atoms. The Morgan fingerprint density at radius 3 is 2.54 bits per heavy atom. The summed E-state index contributed by atoms with van der Waals surface area (Å²) in [7, 11) is -2.01. The molecule has 0 aromatic heterocycles. The number of hydrogen-bond acceptors (Lipinski definition) is 4. The number of hydrogen-bond donors (Lipinski definition) is 3. The second-order valence-electron chi connectivity index (χ2n) is 6.20. The maximum atomic E-state index is 13.2. The van der Waals surface area contributed by atoms with Crippen LogP contribution in [0.2, 0.25) is 0 Å². The van der Waals surface area contributed by atoms with Crippen LogP contribution in [0.1, 0.15) is 12.5 Å². The Labute approximate surface area is 164 Å². The van der Waals surface area contributed by atoms with Gasteiger partial charge in [-0.25, -0.2) is 17.9 Å². The summed E-state index contributed by atoms with van der Waals surface area (Å²) in [6.45, 7) is 2.96. The van der Waals surface area contributed by atoms with Gasteiger partial charge in [-0.05, 0) is 43.2 Å². The molecule has 0 fully saturated rings. The van der Waals surface area contributed by atoms with Crippen LogP contribution in [-0.2, 0) is 16.4 Å². The van der Waals surface area contributed by atoms with Crippen LogP contribution >= 0.6 is 0 Å². The first-order valence-electron chi connectivity index (χ1n) is 8.76. The van der Waals surface area contributed by atoms with E-state index in [4.69, 9.17) is 9.88 Å². The van der Waals surface area contributed by atoms with E-state index >= 15 is 0 Å². The quantitative estimate of drug-likeness (QED) is 0.455. The van der Waals surface area contributed by atoms with Gasteiger partial charge in [-0.15, -0.1) is 0 Å². The highest BCUT2D eigenvalue weighted by molar-refractivity contribution is 7.89. The summed E-state index contributed by atoms with van der Waals surface area (Å²) in [6, 6.07) is 12.4. The lowest BCUT2D eigenvalue weighted by atomic mass is 10.1. The molecule has 0 aliphatic rings. The van der Waals surface area contributed by atoms with Crippen LogP contribution in [0.5, 0.6) is 5.75 Å². The summed E-state index contributed by atoms with van der Waals surface area (Å²) in [6.07, 6.45) is 0.493. The van der Waals surface area contributed by atoms with Crippen LogP contribution in [0.15, 0.2) is 58.4 Å². The van der Waals surface area contributed by atoms with Gasteiger partial charge >= 0.3 is 0 Å². The molecule has 1 unspecified atom stereocenters. The maximum Gasteiger partial charge on any atom is 0.238 e. The van der Waals surface area contributed by atoms with Gasteiger partial charge in [0.25, 0.3) is 0 Å². The molecule has 0 aliphatic carbocycles. The average molecular weight is 408 g/mol. The Kier molecular flexibility index (Phi) is 7.77. The number of benzene rings is 2. The first-order chi connectivity index (χ1) is 13.3. The molecule has 2 aromatic rings. The number of guanidine groups is 1. The molecule has 7 nitrogen and oxygen atoms in total. The van der Waals surface area contributed by atoms with Gasteiger partial charge in [-0.1, -0.05) is 18.2 Å². The van der Waals surface area contributed by atoms with E-state index in [2.05, 4.69) is 15.6 Å². The molecule has 2 rings (SSSR count). The third kappa shape index (κ3) is 7.16. The molecular formula is C19H25FN4O3S. The standard InChI is InChI=1S/C19H25FN4O3S/c1-14(27-17-5-3-4-16(20)12-17)13-24-19(22-2)23-11-10-15-6-8-18(9-7-15)28(21,25)26/h3-9,12,14H,10-11,13H2,1-2H3,(H2,21,25,26)(H2,22,23,24). The molecule has 0 amide bonds. The van der Waals surface area contributed by atoms with Gasteiger partial charge < -0.3 is 15.4 Å². The SMILES string of the molecule is CN=C(NCCc1ccc(S(N)(=O)=O)cc1)NCC(C)Oc1cccc(F)c1. The summed E-state index contributed by atoms with van der Waals surface area (Å²) in [5.74, 6) is 0.739. The lowest BCUT2D eigenvalue weighted by Gasteiger charge is -2.18. The smallest absolute Gasteiger partial charge is 0.238 e. The molecule has 2 aromatic carbocycles. The zero-order valence-corrected chi connectivity index (χ0v) is 16.7. The molecule has 1 atom stereocenters. The molecule has 0 saturated heterocycles. The number of nitrogens with one attached hydrogen (secondary N) is 2. The van der Waals surface area contributed by atoms with Gasteiger partial charge in [0.15, 0.2) is 5.96 Å². The van der Waals surface area contributed by atoms with Crippen molar-refractivity contribution in [2.45, 2.75) is 24.3 Å². The second-order valence-corrected chi connectivity index (χ2v) is 7.77. The summed E-state index contributed by atoms with van der Waals surface area (Å²) >= 11 is 0. The van der Waals surface area contributed by atoms with Crippen LogP contribution in [0.25, 0.3) is 0 Å². The van der Waals surface area contributed by atoms with Crippen molar-refractivity contribution in [2.24, 2.45) is 10.1 Å². The first kappa shape index (κ1) is 21.6. The number of rotatable bonds is 8. The van der Waals surface area contributed by atoms with E-state index in [0.29, 0.717) is 31.2 Å². The second kappa shape index (κ2) is 10.0. The first-order valence-corrected chi connectivity index (χ1v) is 10.3. The van der Waals surface area contributed by atoms with Crippen LogP contribution < -0.4 is 20.5 Å². The van der Waals surface area contributed by atoms with Crippen molar-refractivity contribution in [2.75, 3.05) is 20.1 Å². The van der Waals surface area contributed by atoms with E-state index in [1.807, 2.05) is 6.92 Å².